The van der Waals surface area contributed by atoms with Crippen LogP contribution < -0.4 is 10.6 Å². The van der Waals surface area contributed by atoms with E-state index in [9.17, 15) is 9.18 Å². The van der Waals surface area contributed by atoms with Crippen LogP contribution in [0.15, 0.2) is 12.3 Å². The topological polar surface area (TPSA) is 54.0 Å². The molecule has 5 heteroatoms. The number of pyridine rings is 1. The zero-order valence-corrected chi connectivity index (χ0v) is 11.3. The highest BCUT2D eigenvalue weighted by molar-refractivity contribution is 5.95. The number of carbonyl (C=O) groups excluding carboxylic acids is 1. The van der Waals surface area contributed by atoms with Gasteiger partial charge in [0, 0.05) is 19.8 Å². The molecular weight excluding hydrogens is 233 g/mol. The van der Waals surface area contributed by atoms with Crippen LogP contribution in [0.2, 0.25) is 0 Å². The van der Waals surface area contributed by atoms with Crippen LogP contribution in [-0.2, 0) is 0 Å². The maximum atomic E-state index is 13.8. The molecule has 4 nitrogen and oxygen atoms in total. The van der Waals surface area contributed by atoms with E-state index in [0.717, 1.165) is 6.42 Å². The first-order valence-electron chi connectivity index (χ1n) is 5.95. The third kappa shape index (κ3) is 3.98. The predicted octanol–water partition coefficient (Wildman–Crippen LogP) is 2.43. The van der Waals surface area contributed by atoms with Crippen LogP contribution in [-0.4, -0.2) is 24.5 Å². The molecule has 0 spiro atoms. The minimum atomic E-state index is -0.617. The van der Waals surface area contributed by atoms with Gasteiger partial charge in [0.15, 0.2) is 11.6 Å². The number of rotatable bonds is 4. The molecule has 0 bridgehead atoms. The third-order valence-corrected chi connectivity index (χ3v) is 2.53. The van der Waals surface area contributed by atoms with Crippen molar-refractivity contribution in [3.8, 4) is 0 Å². The number of aromatic nitrogens is 1. The van der Waals surface area contributed by atoms with E-state index >= 15 is 0 Å². The Balaban J connectivity index is 2.68. The Labute approximate surface area is 107 Å². The number of nitrogens with zero attached hydrogens (tertiary/aromatic N) is 1. The molecule has 0 saturated carbocycles. The van der Waals surface area contributed by atoms with Crippen LogP contribution in [0.5, 0.6) is 0 Å². The quantitative estimate of drug-likeness (QED) is 0.866. The van der Waals surface area contributed by atoms with E-state index in [-0.39, 0.29) is 16.8 Å². The van der Waals surface area contributed by atoms with Crippen molar-refractivity contribution in [2.24, 2.45) is 5.41 Å². The van der Waals surface area contributed by atoms with Crippen LogP contribution in [0.3, 0.4) is 0 Å². The zero-order valence-electron chi connectivity index (χ0n) is 11.3. The Hall–Kier alpha value is -1.65. The standard InChI is InChI=1S/C13H20FN3O/c1-13(2,3)6-8-17-12(18)9-5-7-16-11(15-4)10(9)14/h5,7H,6,8H2,1-4H3,(H,15,16)(H,17,18). The van der Waals surface area contributed by atoms with Gasteiger partial charge >= 0.3 is 0 Å². The lowest BCUT2D eigenvalue weighted by Crippen LogP contribution is -2.28. The second-order valence-corrected chi connectivity index (χ2v) is 5.34. The van der Waals surface area contributed by atoms with Gasteiger partial charge in [-0.05, 0) is 17.9 Å². The summed E-state index contributed by atoms with van der Waals surface area (Å²) in [5.74, 6) is -0.942. The van der Waals surface area contributed by atoms with E-state index in [4.69, 9.17) is 0 Å². The summed E-state index contributed by atoms with van der Waals surface area (Å²) in [5.41, 5.74) is 0.156. The number of hydrogen-bond donors (Lipinski definition) is 2. The summed E-state index contributed by atoms with van der Waals surface area (Å²) in [6.45, 7) is 6.79. The summed E-state index contributed by atoms with van der Waals surface area (Å²) >= 11 is 0. The second-order valence-electron chi connectivity index (χ2n) is 5.34. The van der Waals surface area contributed by atoms with Gasteiger partial charge in [-0.25, -0.2) is 9.37 Å². The van der Waals surface area contributed by atoms with E-state index in [2.05, 4.69) is 36.4 Å². The highest BCUT2D eigenvalue weighted by Crippen LogP contribution is 2.18. The van der Waals surface area contributed by atoms with Crippen molar-refractivity contribution in [1.29, 1.82) is 0 Å². The Morgan fingerprint density at radius 3 is 2.67 bits per heavy atom. The molecule has 0 atom stereocenters. The third-order valence-electron chi connectivity index (χ3n) is 2.53. The number of carbonyl (C=O) groups is 1. The highest BCUT2D eigenvalue weighted by atomic mass is 19.1. The number of anilines is 1. The van der Waals surface area contributed by atoms with Crippen LogP contribution in [0.25, 0.3) is 0 Å². The van der Waals surface area contributed by atoms with Crippen molar-refractivity contribution in [1.82, 2.24) is 10.3 Å². The van der Waals surface area contributed by atoms with Gasteiger partial charge in [0.05, 0.1) is 5.56 Å². The van der Waals surface area contributed by atoms with Crippen molar-refractivity contribution in [2.75, 3.05) is 18.9 Å². The normalized spacial score (nSPS) is 11.2. The molecule has 0 saturated heterocycles. The molecule has 0 unspecified atom stereocenters. The van der Waals surface area contributed by atoms with Crippen molar-refractivity contribution >= 4 is 11.7 Å². The van der Waals surface area contributed by atoms with Crippen molar-refractivity contribution in [3.63, 3.8) is 0 Å². The van der Waals surface area contributed by atoms with Gasteiger partial charge in [-0.15, -0.1) is 0 Å². The van der Waals surface area contributed by atoms with Crippen molar-refractivity contribution < 1.29 is 9.18 Å². The Kier molecular flexibility index (Phi) is 4.64. The molecule has 18 heavy (non-hydrogen) atoms. The summed E-state index contributed by atoms with van der Waals surface area (Å²) in [7, 11) is 1.56. The van der Waals surface area contributed by atoms with E-state index in [1.54, 1.807) is 7.05 Å². The SMILES string of the molecule is CNc1nccc(C(=O)NCCC(C)(C)C)c1F. The largest absolute Gasteiger partial charge is 0.371 e. The van der Waals surface area contributed by atoms with Crippen LogP contribution in [0.4, 0.5) is 10.2 Å². The number of hydrogen-bond acceptors (Lipinski definition) is 3. The fraction of sp³-hybridized carbons (Fsp3) is 0.538. The van der Waals surface area contributed by atoms with E-state index in [1.165, 1.54) is 12.3 Å². The second kappa shape index (κ2) is 5.80. The van der Waals surface area contributed by atoms with Gasteiger partial charge in [0.2, 0.25) is 0 Å². The van der Waals surface area contributed by atoms with Gasteiger partial charge in [-0.2, -0.15) is 0 Å². The summed E-state index contributed by atoms with van der Waals surface area (Å²) < 4.78 is 13.8. The highest BCUT2D eigenvalue weighted by Gasteiger charge is 2.16. The first-order chi connectivity index (χ1) is 8.35. The van der Waals surface area contributed by atoms with E-state index in [0.29, 0.717) is 6.54 Å². The number of amides is 1. The maximum absolute atomic E-state index is 13.8. The lowest BCUT2D eigenvalue weighted by Gasteiger charge is -2.18. The summed E-state index contributed by atoms with van der Waals surface area (Å²) in [4.78, 5) is 15.6. The molecule has 0 aliphatic heterocycles. The van der Waals surface area contributed by atoms with Gasteiger partial charge in [-0.1, -0.05) is 20.8 Å². The average Bonchev–Trinajstić information content (AvgIpc) is 2.27. The molecule has 1 rings (SSSR count). The molecule has 2 N–H and O–H groups in total. The fourth-order valence-electron chi connectivity index (χ4n) is 1.44. The molecule has 1 heterocycles. The Bertz CT molecular complexity index is 427. The molecule has 0 fully saturated rings. The lowest BCUT2D eigenvalue weighted by molar-refractivity contribution is 0.0945. The van der Waals surface area contributed by atoms with Crippen LogP contribution in [0.1, 0.15) is 37.6 Å². The van der Waals surface area contributed by atoms with Gasteiger partial charge in [0.25, 0.3) is 5.91 Å². The van der Waals surface area contributed by atoms with Crippen molar-refractivity contribution in [3.05, 3.63) is 23.6 Å². The first kappa shape index (κ1) is 14.4. The predicted molar refractivity (Wildman–Crippen MR) is 70.1 cm³/mol. The average molecular weight is 253 g/mol. The molecule has 0 radical (unpaired) electrons. The molecule has 0 aromatic carbocycles. The van der Waals surface area contributed by atoms with Crippen LogP contribution >= 0.6 is 0 Å². The fourth-order valence-corrected chi connectivity index (χ4v) is 1.44. The molecule has 1 amide bonds. The molecule has 1 aromatic heterocycles. The van der Waals surface area contributed by atoms with Crippen LogP contribution in [0, 0.1) is 11.2 Å². The first-order valence-corrected chi connectivity index (χ1v) is 5.95. The molecule has 100 valence electrons. The summed E-state index contributed by atoms with van der Waals surface area (Å²) in [6.07, 6.45) is 2.25. The molecule has 0 aliphatic carbocycles. The Morgan fingerprint density at radius 2 is 2.11 bits per heavy atom. The van der Waals surface area contributed by atoms with E-state index in [1.807, 2.05) is 0 Å². The van der Waals surface area contributed by atoms with Gasteiger partial charge < -0.3 is 10.6 Å². The summed E-state index contributed by atoms with van der Waals surface area (Å²) in [6, 6.07) is 1.38. The van der Waals surface area contributed by atoms with Gasteiger partial charge in [0.1, 0.15) is 0 Å². The van der Waals surface area contributed by atoms with E-state index < -0.39 is 11.7 Å². The minimum absolute atomic E-state index is 0.0169. The minimum Gasteiger partial charge on any atom is -0.371 e. The maximum Gasteiger partial charge on any atom is 0.254 e. The Morgan fingerprint density at radius 1 is 1.44 bits per heavy atom. The molecule has 1 aromatic rings. The van der Waals surface area contributed by atoms with Gasteiger partial charge in [-0.3, -0.25) is 4.79 Å². The molecule has 0 aliphatic rings. The monoisotopic (exact) mass is 253 g/mol. The number of halogens is 1. The van der Waals surface area contributed by atoms with Crippen molar-refractivity contribution in [2.45, 2.75) is 27.2 Å². The summed E-state index contributed by atoms with van der Waals surface area (Å²) in [5, 5.41) is 5.32. The lowest BCUT2D eigenvalue weighted by atomic mass is 9.92. The molecular formula is C13H20FN3O. The smallest absolute Gasteiger partial charge is 0.254 e. The zero-order chi connectivity index (χ0) is 13.8. The number of nitrogens with one attached hydrogen (secondary N) is 2.